The zero-order valence-corrected chi connectivity index (χ0v) is 17.0. The van der Waals surface area contributed by atoms with Crippen LogP contribution in [0.3, 0.4) is 0 Å². The number of nitrogens with zero attached hydrogens (tertiary/aromatic N) is 3. The van der Waals surface area contributed by atoms with Crippen molar-refractivity contribution in [2.45, 2.75) is 23.7 Å². The van der Waals surface area contributed by atoms with Crippen LogP contribution < -0.4 is 10.5 Å². The third kappa shape index (κ3) is 4.59. The molecule has 0 radical (unpaired) electrons. The van der Waals surface area contributed by atoms with E-state index in [0.717, 1.165) is 18.2 Å². The molecule has 150 valence electrons. The summed E-state index contributed by atoms with van der Waals surface area (Å²) in [6.07, 6.45) is 2.12. The topological polar surface area (TPSA) is 103 Å². The Morgan fingerprint density at radius 3 is 2.57 bits per heavy atom. The van der Waals surface area contributed by atoms with Crippen molar-refractivity contribution in [3.63, 3.8) is 0 Å². The highest BCUT2D eigenvalue weighted by Crippen LogP contribution is 2.26. The van der Waals surface area contributed by atoms with Crippen molar-refractivity contribution in [1.29, 1.82) is 0 Å². The molecule has 2 heterocycles. The summed E-state index contributed by atoms with van der Waals surface area (Å²) in [5, 5.41) is 0. The fourth-order valence-electron chi connectivity index (χ4n) is 3.25. The number of benzene rings is 1. The highest BCUT2D eigenvalue weighted by molar-refractivity contribution is 7.90. The predicted octanol–water partition coefficient (Wildman–Crippen LogP) is 0.798. The van der Waals surface area contributed by atoms with Gasteiger partial charge in [-0.3, -0.25) is 14.6 Å². The molecular weight excluding hydrogens is 380 g/mol. The second kappa shape index (κ2) is 7.75. The molecule has 1 amide bonds. The van der Waals surface area contributed by atoms with Crippen LogP contribution in [0.1, 0.15) is 23.6 Å². The molecule has 0 bridgehead atoms. The number of likely N-dealkylation sites (tertiary alicyclic amines) is 1. The van der Waals surface area contributed by atoms with Crippen LogP contribution in [-0.4, -0.2) is 62.6 Å². The fraction of sp³-hybridized carbons (Fsp3) is 0.421. The minimum atomic E-state index is -3.25. The Bertz CT molecular complexity index is 1030. The molecule has 1 atom stereocenters. The molecule has 1 aliphatic rings. The molecule has 1 aliphatic heterocycles. The van der Waals surface area contributed by atoms with Gasteiger partial charge < -0.3 is 9.80 Å². The molecule has 1 aromatic carbocycles. The van der Waals surface area contributed by atoms with Crippen LogP contribution in [0.4, 0.5) is 5.95 Å². The van der Waals surface area contributed by atoms with Crippen LogP contribution in [0.5, 0.6) is 0 Å². The first-order valence-electron chi connectivity index (χ1n) is 8.99. The molecular formula is C19H24N4O4S. The van der Waals surface area contributed by atoms with Crippen LogP contribution in [0.25, 0.3) is 0 Å². The Morgan fingerprint density at radius 2 is 1.96 bits per heavy atom. The smallest absolute Gasteiger partial charge is 0.252 e. The number of carbonyl (C=O) groups excluding carboxylic acids is 1. The van der Waals surface area contributed by atoms with Crippen molar-refractivity contribution in [3.05, 3.63) is 51.9 Å². The Hall–Kier alpha value is -2.68. The maximum atomic E-state index is 12.6. The number of nitrogens with one attached hydrogen (secondary N) is 1. The summed E-state index contributed by atoms with van der Waals surface area (Å²) < 4.78 is 23.1. The van der Waals surface area contributed by atoms with E-state index < -0.39 is 9.84 Å². The van der Waals surface area contributed by atoms with Gasteiger partial charge in [0, 0.05) is 45.4 Å². The molecule has 1 saturated heterocycles. The molecule has 28 heavy (non-hydrogen) atoms. The second-order valence-corrected chi connectivity index (χ2v) is 9.32. The monoisotopic (exact) mass is 404 g/mol. The van der Waals surface area contributed by atoms with Crippen molar-refractivity contribution < 1.29 is 13.2 Å². The van der Waals surface area contributed by atoms with E-state index in [1.54, 1.807) is 21.9 Å². The van der Waals surface area contributed by atoms with Crippen LogP contribution in [0, 0.1) is 0 Å². The molecule has 3 rings (SSSR count). The summed E-state index contributed by atoms with van der Waals surface area (Å²) in [6, 6.07) is 7.88. The van der Waals surface area contributed by atoms with Gasteiger partial charge in [0.2, 0.25) is 11.9 Å². The zero-order chi connectivity index (χ0) is 20.5. The van der Waals surface area contributed by atoms with E-state index in [1.807, 2.05) is 14.1 Å². The zero-order valence-electron chi connectivity index (χ0n) is 16.2. The summed E-state index contributed by atoms with van der Waals surface area (Å²) in [5.41, 5.74) is 1.26. The lowest BCUT2D eigenvalue weighted by Crippen LogP contribution is -2.30. The molecule has 8 nitrogen and oxygen atoms in total. The molecule has 0 saturated carbocycles. The number of aromatic amines is 1. The van der Waals surface area contributed by atoms with Gasteiger partial charge in [-0.25, -0.2) is 13.4 Å². The molecule has 9 heteroatoms. The van der Waals surface area contributed by atoms with Gasteiger partial charge in [-0.1, -0.05) is 12.1 Å². The first-order chi connectivity index (χ1) is 13.1. The van der Waals surface area contributed by atoms with Crippen LogP contribution in [-0.2, 0) is 21.1 Å². The number of H-pyrrole nitrogens is 1. The van der Waals surface area contributed by atoms with Crippen molar-refractivity contribution in [1.82, 2.24) is 14.9 Å². The van der Waals surface area contributed by atoms with Gasteiger partial charge in [-0.2, -0.15) is 0 Å². The maximum absolute atomic E-state index is 12.6. The molecule has 1 aromatic heterocycles. The first-order valence-corrected chi connectivity index (χ1v) is 10.9. The summed E-state index contributed by atoms with van der Waals surface area (Å²) in [5.74, 6) is 0.503. The molecule has 1 unspecified atom stereocenters. The molecule has 1 fully saturated rings. The van der Waals surface area contributed by atoms with E-state index in [9.17, 15) is 18.0 Å². The lowest BCUT2D eigenvalue weighted by Gasteiger charge is -2.17. The average molecular weight is 404 g/mol. The maximum Gasteiger partial charge on any atom is 0.252 e. The third-order valence-corrected chi connectivity index (χ3v) is 5.97. The Kier molecular flexibility index (Phi) is 5.55. The molecule has 1 N–H and O–H groups in total. The van der Waals surface area contributed by atoms with Crippen molar-refractivity contribution >= 4 is 21.7 Å². The first kappa shape index (κ1) is 20.1. The average Bonchev–Trinajstić information content (AvgIpc) is 3.11. The number of aromatic nitrogens is 2. The van der Waals surface area contributed by atoms with Crippen molar-refractivity contribution in [2.24, 2.45) is 0 Å². The third-order valence-electron chi connectivity index (χ3n) is 4.84. The number of anilines is 1. The number of hydrogen-bond acceptors (Lipinski definition) is 6. The summed E-state index contributed by atoms with van der Waals surface area (Å²) in [6.45, 7) is 1.13. The lowest BCUT2D eigenvalue weighted by atomic mass is 10.0. The SMILES string of the molecule is CN(C)c1nc(C2CCN(C(=O)Cc3ccc(S(C)(=O)=O)cc3)C2)cc(=O)[nH]1. The van der Waals surface area contributed by atoms with E-state index in [-0.39, 0.29) is 28.7 Å². The quantitative estimate of drug-likeness (QED) is 0.791. The fourth-order valence-corrected chi connectivity index (χ4v) is 3.88. The lowest BCUT2D eigenvalue weighted by molar-refractivity contribution is -0.129. The molecule has 0 aliphatic carbocycles. The van der Waals surface area contributed by atoms with Crippen LogP contribution in [0.15, 0.2) is 40.0 Å². The number of carbonyl (C=O) groups is 1. The van der Waals surface area contributed by atoms with E-state index in [4.69, 9.17) is 0 Å². The van der Waals surface area contributed by atoms with Gasteiger partial charge in [0.25, 0.3) is 5.56 Å². The van der Waals surface area contributed by atoms with Gasteiger partial charge in [-0.15, -0.1) is 0 Å². The number of hydrogen-bond donors (Lipinski definition) is 1. The van der Waals surface area contributed by atoms with Crippen molar-refractivity contribution in [2.75, 3.05) is 38.3 Å². The molecule has 0 spiro atoms. The van der Waals surface area contributed by atoms with Gasteiger partial charge in [0.05, 0.1) is 17.0 Å². The Morgan fingerprint density at radius 1 is 1.29 bits per heavy atom. The summed E-state index contributed by atoms with van der Waals surface area (Å²) >= 11 is 0. The van der Waals surface area contributed by atoms with Gasteiger partial charge in [0.1, 0.15) is 0 Å². The standard InChI is InChI=1S/C19H24N4O4S/c1-22(2)19-20-16(11-17(24)21-19)14-8-9-23(12-14)18(25)10-13-4-6-15(7-5-13)28(3,26)27/h4-7,11,14H,8-10,12H2,1-3H3,(H,20,21,24). The Labute approximate surface area is 164 Å². The second-order valence-electron chi connectivity index (χ2n) is 7.31. The number of amides is 1. The van der Waals surface area contributed by atoms with E-state index in [0.29, 0.717) is 24.7 Å². The van der Waals surface area contributed by atoms with Crippen LogP contribution in [0.2, 0.25) is 0 Å². The molecule has 2 aromatic rings. The minimum absolute atomic E-state index is 0.0210. The minimum Gasteiger partial charge on any atom is -0.348 e. The summed E-state index contributed by atoms with van der Waals surface area (Å²) in [7, 11) is 0.366. The summed E-state index contributed by atoms with van der Waals surface area (Å²) in [4.78, 5) is 35.4. The highest BCUT2D eigenvalue weighted by atomic mass is 32.2. The Balaban J connectivity index is 1.67. The van der Waals surface area contributed by atoms with E-state index in [2.05, 4.69) is 9.97 Å². The van der Waals surface area contributed by atoms with Crippen LogP contribution >= 0.6 is 0 Å². The number of rotatable bonds is 5. The van der Waals surface area contributed by atoms with E-state index in [1.165, 1.54) is 18.2 Å². The van der Waals surface area contributed by atoms with Gasteiger partial charge >= 0.3 is 0 Å². The largest absolute Gasteiger partial charge is 0.348 e. The highest BCUT2D eigenvalue weighted by Gasteiger charge is 2.28. The normalized spacial score (nSPS) is 17.0. The number of sulfone groups is 1. The van der Waals surface area contributed by atoms with E-state index >= 15 is 0 Å². The van der Waals surface area contributed by atoms with Gasteiger partial charge in [0.15, 0.2) is 9.84 Å². The van der Waals surface area contributed by atoms with Gasteiger partial charge in [-0.05, 0) is 24.1 Å². The predicted molar refractivity (Wildman–Crippen MR) is 106 cm³/mol. The van der Waals surface area contributed by atoms with Crippen molar-refractivity contribution in [3.8, 4) is 0 Å².